The van der Waals surface area contributed by atoms with Crippen LogP contribution in [0, 0.1) is 17.8 Å². The van der Waals surface area contributed by atoms with Crippen molar-refractivity contribution in [3.05, 3.63) is 0 Å². The van der Waals surface area contributed by atoms with E-state index in [1.807, 2.05) is 0 Å². The van der Waals surface area contributed by atoms with Crippen molar-refractivity contribution in [2.24, 2.45) is 17.8 Å². The average molecular weight is 446 g/mol. The number of carbonyl (C=O) groups excluding carboxylic acids is 2. The van der Waals surface area contributed by atoms with Gasteiger partial charge in [0.15, 0.2) is 5.78 Å². The van der Waals surface area contributed by atoms with E-state index in [0.717, 1.165) is 55.5 Å². The second kappa shape index (κ2) is 9.11. The largest absolute Gasteiger partial charge is 0.329 e. The number of nitrogens with one attached hydrogen (secondary N) is 1. The lowest BCUT2D eigenvalue weighted by Gasteiger charge is -2.32. The Balaban J connectivity index is 1.40. The van der Waals surface area contributed by atoms with Gasteiger partial charge in [0.2, 0.25) is 0 Å². The van der Waals surface area contributed by atoms with Crippen LogP contribution in [0.25, 0.3) is 0 Å². The molecule has 0 spiro atoms. The van der Waals surface area contributed by atoms with E-state index in [0.29, 0.717) is 35.9 Å². The summed E-state index contributed by atoms with van der Waals surface area (Å²) in [6.45, 7) is 2.76. The molecule has 1 aliphatic heterocycles. The van der Waals surface area contributed by atoms with E-state index in [9.17, 15) is 9.59 Å². The molecule has 0 bridgehead atoms. The standard InChI is InChI=1S/C20H32INO2/c21-18-8-6-15(7-9-18)19(23)14-22-12-10-17(11-13-22)20(24)16-4-2-1-3-5-16/h15-18H,1-14H2/p+1. The molecular formula is C20H33INO2+. The highest BCUT2D eigenvalue weighted by Crippen LogP contribution is 2.30. The summed E-state index contributed by atoms with van der Waals surface area (Å²) in [6, 6.07) is 0. The van der Waals surface area contributed by atoms with Gasteiger partial charge in [-0.05, 0) is 38.5 Å². The summed E-state index contributed by atoms with van der Waals surface area (Å²) in [5.74, 6) is 2.02. The Morgan fingerprint density at radius 3 is 1.96 bits per heavy atom. The highest BCUT2D eigenvalue weighted by Gasteiger charge is 2.34. The Morgan fingerprint density at radius 2 is 1.33 bits per heavy atom. The lowest BCUT2D eigenvalue weighted by Crippen LogP contribution is -3.14. The van der Waals surface area contributed by atoms with Crippen molar-refractivity contribution < 1.29 is 14.5 Å². The van der Waals surface area contributed by atoms with Gasteiger partial charge in [0.1, 0.15) is 12.3 Å². The summed E-state index contributed by atoms with van der Waals surface area (Å²) >= 11 is 2.52. The normalized spacial score (nSPS) is 35.5. The minimum atomic E-state index is 0.293. The van der Waals surface area contributed by atoms with Crippen LogP contribution in [0.4, 0.5) is 0 Å². The minimum absolute atomic E-state index is 0.293. The van der Waals surface area contributed by atoms with E-state index < -0.39 is 0 Å². The fraction of sp³-hybridized carbons (Fsp3) is 0.900. The van der Waals surface area contributed by atoms with Crippen molar-refractivity contribution in [3.63, 3.8) is 0 Å². The molecule has 136 valence electrons. The molecule has 0 atom stereocenters. The van der Waals surface area contributed by atoms with Crippen molar-refractivity contribution in [1.29, 1.82) is 0 Å². The van der Waals surface area contributed by atoms with Gasteiger partial charge in [0.25, 0.3) is 0 Å². The number of hydrogen-bond donors (Lipinski definition) is 1. The second-order valence-corrected chi connectivity index (χ2v) is 10.1. The Bertz CT molecular complexity index is 431. The molecule has 0 unspecified atom stereocenters. The Hall–Kier alpha value is 0.0300. The van der Waals surface area contributed by atoms with Gasteiger partial charge in [0, 0.05) is 34.5 Å². The van der Waals surface area contributed by atoms with Crippen LogP contribution in [-0.4, -0.2) is 35.1 Å². The average Bonchev–Trinajstić information content (AvgIpc) is 2.63. The number of hydrogen-bond acceptors (Lipinski definition) is 2. The molecule has 3 rings (SSSR count). The molecule has 2 saturated carbocycles. The molecule has 0 aromatic rings. The van der Waals surface area contributed by atoms with E-state index in [2.05, 4.69) is 22.6 Å². The molecule has 3 nitrogen and oxygen atoms in total. The van der Waals surface area contributed by atoms with Crippen LogP contribution in [-0.2, 0) is 9.59 Å². The lowest BCUT2D eigenvalue weighted by atomic mass is 9.78. The summed E-state index contributed by atoms with van der Waals surface area (Å²) in [6.07, 6.45) is 12.7. The van der Waals surface area contributed by atoms with Crippen molar-refractivity contribution in [3.8, 4) is 0 Å². The lowest BCUT2D eigenvalue weighted by molar-refractivity contribution is -0.897. The van der Waals surface area contributed by atoms with E-state index in [1.54, 1.807) is 0 Å². The first kappa shape index (κ1) is 18.8. The van der Waals surface area contributed by atoms with Gasteiger partial charge in [-0.1, -0.05) is 41.9 Å². The maximum atomic E-state index is 12.7. The molecule has 3 fully saturated rings. The van der Waals surface area contributed by atoms with Gasteiger partial charge in [-0.2, -0.15) is 0 Å². The van der Waals surface area contributed by atoms with Gasteiger partial charge in [-0.25, -0.2) is 0 Å². The number of alkyl halides is 1. The van der Waals surface area contributed by atoms with Crippen LogP contribution in [0.2, 0.25) is 0 Å². The number of Topliss-reactive ketones (excluding diaryl/α,β-unsaturated/α-hetero) is 2. The number of quaternary nitrogens is 1. The molecule has 1 N–H and O–H groups in total. The number of rotatable bonds is 5. The van der Waals surface area contributed by atoms with Crippen LogP contribution in [0.1, 0.15) is 70.6 Å². The van der Waals surface area contributed by atoms with Gasteiger partial charge in [-0.15, -0.1) is 0 Å². The number of carbonyl (C=O) groups is 2. The number of piperidine rings is 1. The zero-order chi connectivity index (χ0) is 16.9. The van der Waals surface area contributed by atoms with Crippen LogP contribution in [0.15, 0.2) is 0 Å². The summed E-state index contributed by atoms with van der Waals surface area (Å²) in [4.78, 5) is 26.7. The maximum Gasteiger partial charge on any atom is 0.189 e. The quantitative estimate of drug-likeness (QED) is 0.521. The van der Waals surface area contributed by atoms with Crippen molar-refractivity contribution in [2.75, 3.05) is 19.6 Å². The smallest absolute Gasteiger partial charge is 0.189 e. The van der Waals surface area contributed by atoms with Crippen LogP contribution >= 0.6 is 22.6 Å². The SMILES string of the molecule is O=C(C[NH+]1CCC(C(=O)C2CCCCC2)CC1)C1CCC(I)CC1. The van der Waals surface area contributed by atoms with Gasteiger partial charge in [-0.3, -0.25) is 9.59 Å². The molecule has 3 aliphatic rings. The van der Waals surface area contributed by atoms with Gasteiger partial charge >= 0.3 is 0 Å². The number of ketones is 2. The molecule has 0 aromatic carbocycles. The molecule has 0 radical (unpaired) electrons. The third-order valence-electron chi connectivity index (χ3n) is 6.64. The topological polar surface area (TPSA) is 38.6 Å². The molecular weight excluding hydrogens is 413 g/mol. The molecule has 0 amide bonds. The highest BCUT2D eigenvalue weighted by molar-refractivity contribution is 14.1. The Labute approximate surface area is 160 Å². The van der Waals surface area contributed by atoms with E-state index in [4.69, 9.17) is 0 Å². The van der Waals surface area contributed by atoms with E-state index in [-0.39, 0.29) is 0 Å². The van der Waals surface area contributed by atoms with Crippen LogP contribution < -0.4 is 4.90 Å². The molecule has 2 aliphatic carbocycles. The monoisotopic (exact) mass is 446 g/mol. The summed E-state index contributed by atoms with van der Waals surface area (Å²) in [5, 5.41) is 0. The second-order valence-electron chi connectivity index (χ2n) is 8.35. The highest BCUT2D eigenvalue weighted by atomic mass is 127. The summed E-state index contributed by atoms with van der Waals surface area (Å²) in [7, 11) is 0. The number of halogens is 1. The van der Waals surface area contributed by atoms with Crippen molar-refractivity contribution in [1.82, 2.24) is 0 Å². The molecule has 1 heterocycles. The Morgan fingerprint density at radius 1 is 0.750 bits per heavy atom. The fourth-order valence-corrected chi connectivity index (χ4v) is 5.69. The van der Waals surface area contributed by atoms with Crippen LogP contribution in [0.5, 0.6) is 0 Å². The first-order valence-corrected chi connectivity index (χ1v) is 11.4. The predicted molar refractivity (Wildman–Crippen MR) is 105 cm³/mol. The molecule has 1 saturated heterocycles. The summed E-state index contributed by atoms with van der Waals surface area (Å²) in [5.41, 5.74) is 0. The zero-order valence-electron chi connectivity index (χ0n) is 14.9. The molecule has 4 heteroatoms. The predicted octanol–water partition coefficient (Wildman–Crippen LogP) is 2.99. The first-order chi connectivity index (χ1) is 11.6. The number of likely N-dealkylation sites (tertiary alicyclic amines) is 1. The zero-order valence-corrected chi connectivity index (χ0v) is 17.1. The van der Waals surface area contributed by atoms with Crippen LogP contribution in [0.3, 0.4) is 0 Å². The minimum Gasteiger partial charge on any atom is -0.329 e. The third kappa shape index (κ3) is 5.03. The molecule has 24 heavy (non-hydrogen) atoms. The summed E-state index contributed by atoms with van der Waals surface area (Å²) < 4.78 is 0.778. The first-order valence-electron chi connectivity index (χ1n) is 10.2. The fourth-order valence-electron chi connectivity index (χ4n) is 4.97. The van der Waals surface area contributed by atoms with Crippen molar-refractivity contribution >= 4 is 34.2 Å². The van der Waals surface area contributed by atoms with E-state index >= 15 is 0 Å². The molecule has 0 aromatic heterocycles. The van der Waals surface area contributed by atoms with Gasteiger partial charge in [0.05, 0.1) is 13.1 Å². The Kier molecular flexibility index (Phi) is 7.14. The third-order valence-corrected chi connectivity index (χ3v) is 7.88. The van der Waals surface area contributed by atoms with E-state index in [1.165, 1.54) is 37.0 Å². The van der Waals surface area contributed by atoms with Crippen molar-refractivity contribution in [2.45, 2.75) is 74.6 Å². The maximum absolute atomic E-state index is 12.7. The van der Waals surface area contributed by atoms with Gasteiger partial charge < -0.3 is 4.90 Å².